The van der Waals surface area contributed by atoms with E-state index in [4.69, 9.17) is 0 Å². The lowest BCUT2D eigenvalue weighted by molar-refractivity contribution is 0.472. The van der Waals surface area contributed by atoms with E-state index in [2.05, 4.69) is 64.6 Å². The van der Waals surface area contributed by atoms with Gasteiger partial charge in [0, 0.05) is 38.3 Å². The highest BCUT2D eigenvalue weighted by molar-refractivity contribution is 7.75. The first-order chi connectivity index (χ1) is 9.40. The third kappa shape index (κ3) is 2.86. The Bertz CT molecular complexity index is 452. The monoisotopic (exact) mass is 289 g/mol. The molecule has 0 saturated carbocycles. The Morgan fingerprint density at radius 2 is 2.15 bits per heavy atom. The molecule has 0 heterocycles. The largest absolute Gasteiger partial charge is 0.102 e. The van der Waals surface area contributed by atoms with Crippen LogP contribution in [-0.2, 0) is 0 Å². The van der Waals surface area contributed by atoms with Gasteiger partial charge in [0.25, 0.3) is 0 Å². The molecule has 0 saturated heterocycles. The molecule has 2 aliphatic carbocycles. The summed E-state index contributed by atoms with van der Waals surface area (Å²) in [6.07, 6.45) is 12.9. The minimum atomic E-state index is -0.812. The molecule has 0 N–H and O–H groups in total. The maximum atomic E-state index is 4.36. The summed E-state index contributed by atoms with van der Waals surface area (Å²) in [5.74, 6) is 1.90. The lowest BCUT2D eigenvalue weighted by atomic mass is 9.83. The van der Waals surface area contributed by atoms with E-state index in [-0.39, 0.29) is 0 Å². The fourth-order valence-corrected chi connectivity index (χ4v) is 5.28. The zero-order valence-electron chi connectivity index (χ0n) is 13.6. The summed E-state index contributed by atoms with van der Waals surface area (Å²) in [5.41, 5.74) is 3.69. The van der Waals surface area contributed by atoms with E-state index >= 15 is 0 Å². The Kier molecular flexibility index (Phi) is 4.75. The van der Waals surface area contributed by atoms with Crippen molar-refractivity contribution in [3.05, 3.63) is 48.6 Å². The third-order valence-electron chi connectivity index (χ3n) is 5.77. The molecule has 4 atom stereocenters. The first-order valence-electron chi connectivity index (χ1n) is 7.92. The highest BCUT2D eigenvalue weighted by Gasteiger charge is 2.42. The molecule has 20 heavy (non-hydrogen) atoms. The first kappa shape index (κ1) is 15.8. The molecule has 1 heteroatoms. The van der Waals surface area contributed by atoms with Gasteiger partial charge in [0.15, 0.2) is 0 Å². The highest BCUT2D eigenvalue weighted by Crippen LogP contribution is 2.61. The molecule has 0 amide bonds. The van der Waals surface area contributed by atoms with Crippen LogP contribution in [0, 0.1) is 17.8 Å². The number of allylic oxidation sites excluding steroid dienone is 6. The quantitative estimate of drug-likeness (QED) is 0.444. The van der Waals surface area contributed by atoms with Crippen molar-refractivity contribution < 1.29 is 0 Å². The minimum Gasteiger partial charge on any atom is -0.102 e. The lowest BCUT2D eigenvalue weighted by Crippen LogP contribution is -2.24. The van der Waals surface area contributed by atoms with Crippen LogP contribution in [0.1, 0.15) is 26.7 Å². The zero-order chi connectivity index (χ0) is 14.9. The molecule has 0 radical (unpaired) electrons. The van der Waals surface area contributed by atoms with Gasteiger partial charge in [-0.1, -0.05) is 30.9 Å². The number of hydrogen-bond acceptors (Lipinski definition) is 0. The van der Waals surface area contributed by atoms with Gasteiger partial charge < -0.3 is 0 Å². The van der Waals surface area contributed by atoms with Gasteiger partial charge in [-0.3, -0.25) is 0 Å². The smallest absolute Gasteiger partial charge is 0.0704 e. The average Bonchev–Trinajstić information content (AvgIpc) is 2.79. The molecule has 4 unspecified atom stereocenters. The van der Waals surface area contributed by atoms with Crippen molar-refractivity contribution in [2.75, 3.05) is 19.5 Å². The second-order valence-corrected chi connectivity index (χ2v) is 12.0. The lowest BCUT2D eigenvalue weighted by Gasteiger charge is -2.31. The van der Waals surface area contributed by atoms with E-state index in [0.717, 1.165) is 11.6 Å². The predicted molar refractivity (Wildman–Crippen MR) is 95.0 cm³/mol. The molecule has 2 rings (SSSR count). The summed E-state index contributed by atoms with van der Waals surface area (Å²) in [6, 6.07) is 0. The Hall–Kier alpha value is -0.610. The van der Waals surface area contributed by atoms with Crippen molar-refractivity contribution in [2.24, 2.45) is 17.8 Å². The standard InChI is InChI=1S/C19H30P/c1-7-16-12-18(14(3)17-10-9-11-17)13-19(16)15(4)20(5,6)8-2/h7,9-10,12,15-17,19H,1,3,8,11,13H2,2,4-6H3/q+1. The molecule has 0 aromatic rings. The van der Waals surface area contributed by atoms with Gasteiger partial charge in [0.2, 0.25) is 0 Å². The normalized spacial score (nSPS) is 30.6. The van der Waals surface area contributed by atoms with E-state index in [1.165, 1.54) is 30.1 Å². The maximum Gasteiger partial charge on any atom is 0.0704 e. The molecule has 2 aliphatic rings. The van der Waals surface area contributed by atoms with E-state index in [1.54, 1.807) is 0 Å². The van der Waals surface area contributed by atoms with Crippen molar-refractivity contribution >= 4 is 7.26 Å². The Morgan fingerprint density at radius 1 is 1.50 bits per heavy atom. The van der Waals surface area contributed by atoms with Crippen molar-refractivity contribution in [1.29, 1.82) is 0 Å². The van der Waals surface area contributed by atoms with Crippen LogP contribution in [0.2, 0.25) is 0 Å². The molecule has 0 aromatic carbocycles. The van der Waals surface area contributed by atoms with E-state index in [1.807, 2.05) is 0 Å². The van der Waals surface area contributed by atoms with Crippen molar-refractivity contribution in [3.8, 4) is 0 Å². The van der Waals surface area contributed by atoms with Gasteiger partial charge in [-0.25, -0.2) is 0 Å². The number of hydrogen-bond donors (Lipinski definition) is 0. The van der Waals surface area contributed by atoms with Crippen molar-refractivity contribution in [3.63, 3.8) is 0 Å². The summed E-state index contributed by atoms with van der Waals surface area (Å²) < 4.78 is 0. The summed E-state index contributed by atoms with van der Waals surface area (Å²) in [5, 5.41) is 0. The summed E-state index contributed by atoms with van der Waals surface area (Å²) in [4.78, 5) is 0. The SMILES string of the molecule is C=CC1C=C(C(=C)C2C=CC2)CC1C(C)[P+](C)(C)CC. The summed E-state index contributed by atoms with van der Waals surface area (Å²) in [6.45, 7) is 18.3. The fourth-order valence-electron chi connectivity index (χ4n) is 3.36. The molecule has 0 aromatic heterocycles. The Balaban J connectivity index is 2.12. The number of rotatable bonds is 6. The van der Waals surface area contributed by atoms with Crippen LogP contribution >= 0.6 is 7.26 Å². The summed E-state index contributed by atoms with van der Waals surface area (Å²) >= 11 is 0. The molecule has 0 spiro atoms. The van der Waals surface area contributed by atoms with E-state index in [0.29, 0.717) is 11.8 Å². The van der Waals surface area contributed by atoms with Gasteiger partial charge in [-0.15, -0.1) is 6.58 Å². The molecule has 0 aliphatic heterocycles. The van der Waals surface area contributed by atoms with Crippen LogP contribution in [0.15, 0.2) is 48.6 Å². The van der Waals surface area contributed by atoms with Crippen LogP contribution in [0.5, 0.6) is 0 Å². The van der Waals surface area contributed by atoms with Crippen molar-refractivity contribution in [2.45, 2.75) is 32.3 Å². The predicted octanol–water partition coefficient (Wildman–Crippen LogP) is 5.55. The van der Waals surface area contributed by atoms with Gasteiger partial charge in [-0.05, 0) is 37.8 Å². The highest BCUT2D eigenvalue weighted by atomic mass is 31.2. The minimum absolute atomic E-state index is 0.548. The molecule has 0 nitrogen and oxygen atoms in total. The fraction of sp³-hybridized carbons (Fsp3) is 0.579. The first-order valence-corrected chi connectivity index (χ1v) is 10.9. The average molecular weight is 289 g/mol. The Morgan fingerprint density at radius 3 is 2.60 bits per heavy atom. The molecular formula is C19H30P+. The van der Waals surface area contributed by atoms with Crippen LogP contribution in [0.3, 0.4) is 0 Å². The zero-order valence-corrected chi connectivity index (χ0v) is 14.5. The van der Waals surface area contributed by atoms with Crippen LogP contribution in [-0.4, -0.2) is 25.2 Å². The van der Waals surface area contributed by atoms with Gasteiger partial charge >= 0.3 is 0 Å². The molecule has 0 fully saturated rings. The van der Waals surface area contributed by atoms with Gasteiger partial charge in [0.1, 0.15) is 0 Å². The van der Waals surface area contributed by atoms with E-state index < -0.39 is 7.26 Å². The molecular weight excluding hydrogens is 259 g/mol. The van der Waals surface area contributed by atoms with Gasteiger partial charge in [0.05, 0.1) is 11.8 Å². The maximum absolute atomic E-state index is 4.36. The van der Waals surface area contributed by atoms with Crippen LogP contribution in [0.4, 0.5) is 0 Å². The topological polar surface area (TPSA) is 0 Å². The molecule has 110 valence electrons. The Labute approximate surface area is 126 Å². The third-order valence-corrected chi connectivity index (χ3v) is 9.99. The molecule has 0 bridgehead atoms. The second kappa shape index (κ2) is 6.02. The second-order valence-electron chi connectivity index (χ2n) is 7.00. The van der Waals surface area contributed by atoms with Crippen molar-refractivity contribution in [1.82, 2.24) is 0 Å². The summed E-state index contributed by atoms with van der Waals surface area (Å²) in [7, 11) is -0.812. The van der Waals surface area contributed by atoms with E-state index in [9.17, 15) is 0 Å². The van der Waals surface area contributed by atoms with Crippen LogP contribution in [0.25, 0.3) is 0 Å². The van der Waals surface area contributed by atoms with Gasteiger partial charge in [-0.2, -0.15) is 0 Å². The van der Waals surface area contributed by atoms with Crippen LogP contribution < -0.4 is 0 Å².